The first-order valence-electron chi connectivity index (χ1n) is 43.9. The van der Waals surface area contributed by atoms with Crippen LogP contribution in [0.4, 0.5) is 0 Å². The fraction of sp³-hybridized carbons (Fsp3) is 0.561. The lowest BCUT2D eigenvalue weighted by molar-refractivity contribution is 0.0962. The van der Waals surface area contributed by atoms with E-state index in [0.29, 0.717) is 56.8 Å². The first-order valence-corrected chi connectivity index (χ1v) is 57.7. The van der Waals surface area contributed by atoms with E-state index in [4.69, 9.17) is 14.8 Å². The lowest BCUT2D eigenvalue weighted by atomic mass is 9.98. The summed E-state index contributed by atoms with van der Waals surface area (Å²) in [5.41, 5.74) is 11.0. The van der Waals surface area contributed by atoms with Gasteiger partial charge in [-0.3, -0.25) is 4.79 Å². The van der Waals surface area contributed by atoms with Gasteiger partial charge in [-0.1, -0.05) is 126 Å². The average Bonchev–Trinajstić information content (AvgIpc) is 1.70. The molecule has 0 atom stereocenters. The lowest BCUT2D eigenvalue weighted by Crippen LogP contribution is -2.17. The van der Waals surface area contributed by atoms with Crippen LogP contribution in [0.1, 0.15) is 333 Å². The van der Waals surface area contributed by atoms with Crippen LogP contribution < -0.4 is 5.32 Å². The summed E-state index contributed by atoms with van der Waals surface area (Å²) < 4.78 is 53.7. The molecule has 0 saturated heterocycles. The van der Waals surface area contributed by atoms with Crippen molar-refractivity contribution in [1.29, 1.82) is 5.26 Å². The molecule has 0 aliphatic carbocycles. The summed E-state index contributed by atoms with van der Waals surface area (Å²) >= 11 is 19.9. The first-order chi connectivity index (χ1) is 62.3. The summed E-state index contributed by atoms with van der Waals surface area (Å²) in [7, 11) is -2.56. The molecule has 1 amide bonds. The standard InChI is InChI=1S/C9H15NS.3C8H13NS.C7H10N2OS.3C7H11NS.C6H10N2O.C6H6N2O.C6H9NO2S2.2C6H9NS.C4H6N2O2S2.3CH4/c1-6-7(2)11-8(10-6)9(3,4)5;1-5(2)8-6(3)9-7(4)10-8;1-5(2)8-9-6(3)7(4)10-8;1-4-7-6(3)10-8(5-2)9-7;1-4-5(2)11-7(9-4)6(10)8-3;1-5(2)7-8-4-6(3)9-7;2*1-4-7-8-5(2)6(3)9-7;1-5-3-7-6(4-9)8(5)2;1-4-6(3-7)8-5(2)9-4;1-5-3-7-6(10-5)4-11(2,8)9;1-3-6-7-5(2)4-8-6;1-3-6-7-4-5(2)8-6;1-3-5-4(9-6-3)10(2,7)8;;;/h1-5H3;2*5H,1-4H3;4-5H2,1-3H3;1-3H3,(H,8,10);4-5H,1-3H3;2*4H2,1-3H3;3,9H,4H2,1-2H3;1-2H3;3H,4H2,1-2H3;2*4H,3H2,1-2H3;1-2H3;3*1H4. The number of nitrogens with one attached hydrogen (secondary N) is 1. The van der Waals surface area contributed by atoms with Crippen LogP contribution in [0.2, 0.25) is 0 Å². The van der Waals surface area contributed by atoms with Gasteiger partial charge in [0, 0.05) is 141 Å². The Morgan fingerprint density at radius 1 is 0.489 bits per heavy atom. The van der Waals surface area contributed by atoms with E-state index in [1.807, 2.05) is 110 Å². The number of carbonyl (C=O) groups excluding carboxylic acids is 1. The van der Waals surface area contributed by atoms with E-state index < -0.39 is 19.7 Å². The average molecular weight is 2150 g/mol. The van der Waals surface area contributed by atoms with Gasteiger partial charge in [-0.15, -0.1) is 125 Å². The van der Waals surface area contributed by atoms with Crippen LogP contribution >= 0.6 is 136 Å². The van der Waals surface area contributed by atoms with Crippen molar-refractivity contribution in [3.8, 4) is 6.07 Å². The minimum Gasteiger partial charge on any atom is -0.445 e. The molecule has 0 bridgehead atoms. The van der Waals surface area contributed by atoms with Crippen LogP contribution in [0.3, 0.4) is 0 Å². The molecular weight excluding hydrogens is 1990 g/mol. The number of hydrogen-bond acceptors (Lipinski definition) is 35. The highest BCUT2D eigenvalue weighted by Gasteiger charge is 2.19. The molecule has 0 radical (unpaired) electrons. The zero-order chi connectivity index (χ0) is 103. The van der Waals surface area contributed by atoms with Crippen LogP contribution in [-0.2, 0) is 83.0 Å². The Kier molecular flexibility index (Phi) is 65.7. The molecule has 14 heterocycles. The number of nitriles is 1. The Morgan fingerprint density at radius 3 is 1.17 bits per heavy atom. The van der Waals surface area contributed by atoms with Gasteiger partial charge < -0.3 is 19.4 Å². The van der Waals surface area contributed by atoms with Crippen LogP contribution in [0.5, 0.6) is 0 Å². The highest BCUT2D eigenvalue weighted by atomic mass is 32.2. The van der Waals surface area contributed by atoms with Gasteiger partial charge in [0.05, 0.1) is 84.9 Å². The molecule has 14 aromatic heterocycles. The minimum absolute atomic E-state index is 0. The quantitative estimate of drug-likeness (QED) is 0.102. The number of aromatic nitrogens is 16. The normalized spacial score (nSPS) is 10.3. The highest BCUT2D eigenvalue weighted by molar-refractivity contribution is 7.92. The molecule has 25 nitrogen and oxygen atoms in total. The van der Waals surface area contributed by atoms with Gasteiger partial charge in [0.15, 0.2) is 26.4 Å². The van der Waals surface area contributed by atoms with Gasteiger partial charge in [-0.25, -0.2) is 86.6 Å². The molecule has 14 aromatic rings. The summed E-state index contributed by atoms with van der Waals surface area (Å²) in [5, 5.41) is 34.0. The SMILES string of the molecule is C.C.C.CCc1nc(C)c(C)s1.CCc1nc(C)c(C)s1.CCc1nc(C)cs1.CCc1nc(CC)c(C)s1.CCc1ncc(C)s1.CNC(=O)c1nc(C)c(C)s1.Cc1cnc(C(C)C)s1.Cc1cnc(CO)n1C.Cc1cnc(CS(C)(=O)=O)s1.Cc1nc(C#N)c(C)o1.Cc1nc(C(C)(C)C)sc1C.Cc1nc(C(C)C)sc1C.Cc1nc(C)c(C(C)C)s1.Cc1nsc(S(C)(=O)=O)n1. The van der Waals surface area contributed by atoms with Gasteiger partial charge in [0.25, 0.3) is 5.91 Å². The fourth-order valence-electron chi connectivity index (χ4n) is 9.86. The summed E-state index contributed by atoms with van der Waals surface area (Å²) in [5.74, 6) is 4.11. The molecule has 0 saturated carbocycles. The Hall–Kier alpha value is -7.27. The molecule has 137 heavy (non-hydrogen) atoms. The number of amides is 1. The largest absolute Gasteiger partial charge is 0.445 e. The third-order valence-electron chi connectivity index (χ3n) is 17.9. The molecular formula is C98H158N18O7S14. The van der Waals surface area contributed by atoms with Crippen molar-refractivity contribution in [2.45, 2.75) is 350 Å². The number of imidazole rings is 1. The smallest absolute Gasteiger partial charge is 0.280 e. The number of nitrogens with zero attached hydrogens (tertiary/aromatic N) is 17. The maximum Gasteiger partial charge on any atom is 0.280 e. The molecule has 2 N–H and O–H groups in total. The van der Waals surface area contributed by atoms with Gasteiger partial charge in [-0.05, 0) is 194 Å². The summed E-state index contributed by atoms with van der Waals surface area (Å²) in [6, 6.07) is 1.91. The summed E-state index contributed by atoms with van der Waals surface area (Å²) in [4.78, 5) is 82.5. The summed E-state index contributed by atoms with van der Waals surface area (Å²) in [6.07, 6.45) is 16.0. The number of oxazole rings is 1. The van der Waals surface area contributed by atoms with Crippen LogP contribution in [-0.4, -0.2) is 126 Å². The van der Waals surface area contributed by atoms with Crippen LogP contribution in [0.15, 0.2) is 38.9 Å². The maximum absolute atomic E-state index is 11.0. The van der Waals surface area contributed by atoms with E-state index in [-0.39, 0.29) is 50.3 Å². The van der Waals surface area contributed by atoms with E-state index in [1.165, 1.54) is 147 Å². The molecule has 0 aliphatic heterocycles. The van der Waals surface area contributed by atoms with Gasteiger partial charge >= 0.3 is 0 Å². The number of sulfone groups is 2. The number of carbonyl (C=O) groups is 1. The van der Waals surface area contributed by atoms with Crippen molar-refractivity contribution >= 4 is 162 Å². The van der Waals surface area contributed by atoms with Gasteiger partial charge in [-0.2, -0.15) is 9.64 Å². The third-order valence-corrected chi connectivity index (χ3v) is 34.5. The summed E-state index contributed by atoms with van der Waals surface area (Å²) in [6.45, 7) is 74.6. The Labute approximate surface area is 871 Å². The second-order valence-corrected chi connectivity index (χ2v) is 51.0. The predicted octanol–water partition coefficient (Wildman–Crippen LogP) is 28.3. The zero-order valence-corrected chi connectivity index (χ0v) is 97.9. The predicted molar refractivity (Wildman–Crippen MR) is 595 cm³/mol. The van der Waals surface area contributed by atoms with E-state index >= 15 is 0 Å². The monoisotopic (exact) mass is 2150 g/mol. The Balaban J connectivity index is -0.00000141. The van der Waals surface area contributed by atoms with Crippen molar-refractivity contribution in [2.24, 2.45) is 7.05 Å². The van der Waals surface area contributed by atoms with E-state index in [2.05, 4.69) is 279 Å². The molecule has 0 fully saturated rings. The fourth-order valence-corrected chi connectivity index (χ4v) is 21.8. The maximum atomic E-state index is 11.0. The van der Waals surface area contributed by atoms with Crippen molar-refractivity contribution in [3.63, 3.8) is 0 Å². The zero-order valence-electron chi connectivity index (χ0n) is 86.5. The topological polar surface area (TPSA) is 353 Å². The van der Waals surface area contributed by atoms with Gasteiger partial charge in [0.1, 0.15) is 40.8 Å². The van der Waals surface area contributed by atoms with Crippen LogP contribution in [0, 0.1) is 157 Å². The third kappa shape index (κ3) is 52.9. The molecule has 0 unspecified atom stereocenters. The number of aryl methyl sites for hydroxylation is 27. The van der Waals surface area contributed by atoms with Crippen molar-refractivity contribution in [1.82, 2.24) is 84.0 Å². The van der Waals surface area contributed by atoms with E-state index in [9.17, 15) is 21.6 Å². The molecule has 39 heteroatoms. The van der Waals surface area contributed by atoms with Crippen molar-refractivity contribution in [2.75, 3.05) is 19.6 Å². The first kappa shape index (κ1) is 134. The number of hydrogen-bond donors (Lipinski definition) is 2. The number of rotatable bonds is 14. The van der Waals surface area contributed by atoms with E-state index in [1.54, 1.807) is 96.9 Å². The lowest BCUT2D eigenvalue weighted by Gasteiger charge is -2.13. The minimum atomic E-state index is -3.14. The number of aliphatic hydroxyl groups excluding tert-OH is 1. The molecule has 766 valence electrons. The van der Waals surface area contributed by atoms with Crippen molar-refractivity contribution in [3.05, 3.63) is 214 Å². The van der Waals surface area contributed by atoms with Crippen molar-refractivity contribution < 1.29 is 31.2 Å². The Morgan fingerprint density at radius 2 is 0.949 bits per heavy atom. The number of thiazole rings is 11. The van der Waals surface area contributed by atoms with E-state index in [0.717, 1.165) is 83.1 Å². The highest BCUT2D eigenvalue weighted by Crippen LogP contribution is 2.30. The molecule has 0 aliphatic rings. The number of aliphatic hydroxyl groups is 1. The van der Waals surface area contributed by atoms with Crippen LogP contribution in [0.25, 0.3) is 0 Å². The molecule has 0 spiro atoms. The second-order valence-electron chi connectivity index (χ2n) is 32.4. The van der Waals surface area contributed by atoms with Gasteiger partial charge in [0.2, 0.25) is 14.2 Å². The molecule has 0 aromatic carbocycles. The molecule has 14 rings (SSSR count). The Bertz CT molecular complexity index is 5830. The second kappa shape index (κ2) is 67.2.